The largest absolute Gasteiger partial charge is 0.310 e. The Bertz CT molecular complexity index is 4420. The highest BCUT2D eigenvalue weighted by molar-refractivity contribution is 6.10. The van der Waals surface area contributed by atoms with E-state index in [1.54, 1.807) is 0 Å². The molecule has 12 aromatic carbocycles. The lowest BCUT2D eigenvalue weighted by atomic mass is 9.72. The van der Waals surface area contributed by atoms with Crippen LogP contribution in [0.15, 0.2) is 285 Å². The van der Waals surface area contributed by atoms with Gasteiger partial charge in [0.15, 0.2) is 0 Å². The second-order valence-corrected chi connectivity index (χ2v) is 21.2. The number of hydrogen-bond donors (Lipinski definition) is 0. The van der Waals surface area contributed by atoms with Crippen molar-refractivity contribution in [3.8, 4) is 61.3 Å². The number of hydrogen-bond acceptors (Lipinski definition) is 1. The van der Waals surface area contributed by atoms with Crippen LogP contribution in [0.4, 0.5) is 17.1 Å². The highest BCUT2D eigenvalue weighted by Gasteiger charge is 2.32. The van der Waals surface area contributed by atoms with Crippen LogP contribution in [0, 0.1) is 6.92 Å². The Balaban J connectivity index is 0.810. The Labute approximate surface area is 456 Å². The quantitative estimate of drug-likeness (QED) is 0.140. The fraction of sp³-hybridized carbons (Fsp3) is 0.0526. The molecule has 0 N–H and O–H groups in total. The second-order valence-electron chi connectivity index (χ2n) is 21.2. The van der Waals surface area contributed by atoms with Gasteiger partial charge in [-0.2, -0.15) is 0 Å². The maximum Gasteiger partial charge on any atom is 0.0541 e. The number of benzene rings is 12. The first-order chi connectivity index (χ1) is 38.6. The molecule has 0 bridgehead atoms. The van der Waals surface area contributed by atoms with Gasteiger partial charge in [0.25, 0.3) is 0 Å². The van der Waals surface area contributed by atoms with Gasteiger partial charge in [-0.3, -0.25) is 0 Å². The summed E-state index contributed by atoms with van der Waals surface area (Å²) in [5, 5.41) is 2.48. The topological polar surface area (TPSA) is 8.17 Å². The van der Waals surface area contributed by atoms with Crippen LogP contribution >= 0.6 is 0 Å². The van der Waals surface area contributed by atoms with Crippen LogP contribution < -0.4 is 4.90 Å². The first-order valence-corrected chi connectivity index (χ1v) is 27.4. The van der Waals surface area contributed by atoms with Crippen molar-refractivity contribution in [2.75, 3.05) is 4.90 Å². The van der Waals surface area contributed by atoms with Crippen LogP contribution in [0.1, 0.15) is 50.8 Å². The van der Waals surface area contributed by atoms with Crippen molar-refractivity contribution in [1.29, 1.82) is 0 Å². The third-order valence-corrected chi connectivity index (χ3v) is 16.7. The molecule has 13 aromatic rings. The lowest BCUT2D eigenvalue weighted by Gasteiger charge is -2.31. The Kier molecular flexibility index (Phi) is 11.0. The summed E-state index contributed by atoms with van der Waals surface area (Å²) in [4.78, 5) is 2.33. The minimum atomic E-state index is 0.190. The number of fused-ring (bicyclic) bond motifs is 9. The van der Waals surface area contributed by atoms with Gasteiger partial charge < -0.3 is 9.47 Å². The number of aromatic nitrogens is 1. The number of anilines is 3. The molecule has 0 fully saturated rings. The van der Waals surface area contributed by atoms with Crippen LogP contribution in [-0.2, 0) is 6.42 Å². The molecule has 2 heteroatoms. The van der Waals surface area contributed by atoms with E-state index in [-0.39, 0.29) is 11.8 Å². The van der Waals surface area contributed by atoms with Crippen molar-refractivity contribution in [2.45, 2.75) is 25.2 Å². The fourth-order valence-electron chi connectivity index (χ4n) is 13.1. The van der Waals surface area contributed by atoms with Gasteiger partial charge >= 0.3 is 0 Å². The second kappa shape index (κ2) is 18.8. The molecule has 1 heterocycles. The summed E-state index contributed by atoms with van der Waals surface area (Å²) in [7, 11) is 0. The smallest absolute Gasteiger partial charge is 0.0541 e. The Morgan fingerprint density at radius 2 is 0.936 bits per heavy atom. The number of para-hydroxylation sites is 2. The van der Waals surface area contributed by atoms with Crippen molar-refractivity contribution < 1.29 is 0 Å². The number of aryl methyl sites for hydroxylation is 1. The van der Waals surface area contributed by atoms with Gasteiger partial charge in [-0.15, -0.1) is 0 Å². The summed E-state index contributed by atoms with van der Waals surface area (Å²) in [6.07, 6.45) is 0.926. The van der Waals surface area contributed by atoms with E-state index < -0.39 is 0 Å². The first kappa shape index (κ1) is 45.6. The van der Waals surface area contributed by atoms with Gasteiger partial charge in [0, 0.05) is 45.4 Å². The molecule has 2 aliphatic rings. The molecule has 2 aliphatic carbocycles. The van der Waals surface area contributed by atoms with Crippen molar-refractivity contribution in [1.82, 2.24) is 4.57 Å². The molecule has 0 saturated heterocycles. The van der Waals surface area contributed by atoms with Crippen LogP contribution in [0.25, 0.3) is 83.1 Å². The molecular formula is C76H54N2. The summed E-state index contributed by atoms with van der Waals surface area (Å²) in [6.45, 7) is 2.15. The summed E-state index contributed by atoms with van der Waals surface area (Å²) in [5.41, 5.74) is 29.0. The monoisotopic (exact) mass is 994 g/mol. The lowest BCUT2D eigenvalue weighted by molar-refractivity contribution is 0.796. The van der Waals surface area contributed by atoms with E-state index >= 15 is 0 Å². The molecule has 2 atom stereocenters. The van der Waals surface area contributed by atoms with E-state index in [1.165, 1.54) is 116 Å². The summed E-state index contributed by atoms with van der Waals surface area (Å²) in [5.74, 6) is 0.421. The molecule has 1 aromatic heterocycles. The Morgan fingerprint density at radius 3 is 1.76 bits per heavy atom. The molecule has 368 valence electrons. The van der Waals surface area contributed by atoms with Crippen LogP contribution in [0.5, 0.6) is 0 Å². The molecule has 0 radical (unpaired) electrons. The van der Waals surface area contributed by atoms with E-state index in [0.29, 0.717) is 0 Å². The van der Waals surface area contributed by atoms with Crippen molar-refractivity contribution in [3.05, 3.63) is 324 Å². The van der Waals surface area contributed by atoms with E-state index in [9.17, 15) is 0 Å². The highest BCUT2D eigenvalue weighted by atomic mass is 15.1. The van der Waals surface area contributed by atoms with Crippen molar-refractivity contribution in [2.24, 2.45) is 0 Å². The van der Waals surface area contributed by atoms with Crippen LogP contribution in [-0.4, -0.2) is 4.57 Å². The number of nitrogens with zero attached hydrogens (tertiary/aromatic N) is 2. The fourth-order valence-corrected chi connectivity index (χ4v) is 13.1. The molecule has 0 spiro atoms. The third-order valence-electron chi connectivity index (χ3n) is 16.7. The molecule has 0 amide bonds. The summed E-state index contributed by atoms with van der Waals surface area (Å²) in [6, 6.07) is 106. The Hall–Kier alpha value is -9.76. The molecule has 0 saturated carbocycles. The molecular weight excluding hydrogens is 941 g/mol. The van der Waals surface area contributed by atoms with E-state index in [4.69, 9.17) is 0 Å². The standard InChI is InChI=1S/C76H54N2/c1-50-18-15-26-61(44-50)77(59-24-9-4-10-25-59)60-40-36-51(37-41-60)54-39-43-74-72(48-54)65-29-13-14-33-73(65)78(74)62-27-16-23-57(45-62)63-31-17-32-67-69-46-55(34-35-58(69)49-70(76(63)67)52-19-5-2-6-20-52)56-38-42-68-71(47-56)64-28-11-12-30-66(64)75(68)53-21-7-3-8-22-53/h2-48,70,75H,49H2,1H3. The number of rotatable bonds is 9. The minimum absolute atomic E-state index is 0.190. The SMILES string of the molecule is Cc1cccc(N(c2ccccc2)c2ccc(-c3ccc4c(c3)c3ccccc3n4-c3cccc(-c4cccc5c4C(c4ccccc4)Cc4ccc(-c6ccc7c(c6)-c6ccccc6C7c6ccccc6)cc4-5)c3)cc2)c1. The maximum atomic E-state index is 2.47. The first-order valence-electron chi connectivity index (χ1n) is 27.4. The van der Waals surface area contributed by atoms with Crippen LogP contribution in [0.2, 0.25) is 0 Å². The van der Waals surface area contributed by atoms with Crippen molar-refractivity contribution >= 4 is 38.9 Å². The van der Waals surface area contributed by atoms with Crippen LogP contribution in [0.3, 0.4) is 0 Å². The van der Waals surface area contributed by atoms with E-state index in [1.807, 2.05) is 0 Å². The molecule has 78 heavy (non-hydrogen) atoms. The van der Waals surface area contributed by atoms with Gasteiger partial charge in [-0.05, 0) is 187 Å². The van der Waals surface area contributed by atoms with Gasteiger partial charge in [-0.25, -0.2) is 0 Å². The zero-order valence-electron chi connectivity index (χ0n) is 43.4. The average molecular weight is 995 g/mol. The lowest BCUT2D eigenvalue weighted by Crippen LogP contribution is -2.14. The summed E-state index contributed by atoms with van der Waals surface area (Å²) < 4.78 is 2.46. The van der Waals surface area contributed by atoms with Crippen molar-refractivity contribution in [3.63, 3.8) is 0 Å². The normalized spacial score (nSPS) is 14.2. The van der Waals surface area contributed by atoms with E-state index in [0.717, 1.165) is 29.2 Å². The third kappa shape index (κ3) is 7.71. The van der Waals surface area contributed by atoms with Gasteiger partial charge in [-0.1, -0.05) is 206 Å². The maximum absolute atomic E-state index is 2.47. The van der Waals surface area contributed by atoms with Gasteiger partial charge in [0.05, 0.1) is 11.0 Å². The van der Waals surface area contributed by atoms with E-state index in [2.05, 4.69) is 302 Å². The highest BCUT2D eigenvalue weighted by Crippen LogP contribution is 2.51. The Morgan fingerprint density at radius 1 is 0.346 bits per heavy atom. The predicted octanol–water partition coefficient (Wildman–Crippen LogP) is 20.1. The average Bonchev–Trinajstić information content (AvgIpc) is 4.20. The predicted molar refractivity (Wildman–Crippen MR) is 327 cm³/mol. The summed E-state index contributed by atoms with van der Waals surface area (Å²) >= 11 is 0. The molecule has 2 nitrogen and oxygen atoms in total. The molecule has 15 rings (SSSR count). The van der Waals surface area contributed by atoms with Gasteiger partial charge in [0.2, 0.25) is 0 Å². The van der Waals surface area contributed by atoms with Gasteiger partial charge in [0.1, 0.15) is 0 Å². The zero-order valence-corrected chi connectivity index (χ0v) is 43.4. The zero-order chi connectivity index (χ0) is 51.7. The molecule has 0 aliphatic heterocycles. The minimum Gasteiger partial charge on any atom is -0.310 e. The molecule has 2 unspecified atom stereocenters.